The molecule has 1 atom stereocenters. The van der Waals surface area contributed by atoms with Gasteiger partial charge in [-0.2, -0.15) is 0 Å². The van der Waals surface area contributed by atoms with Gasteiger partial charge in [-0.25, -0.2) is 4.79 Å². The summed E-state index contributed by atoms with van der Waals surface area (Å²) in [6.45, 7) is 5.48. The molecule has 0 aromatic heterocycles. The third-order valence-electron chi connectivity index (χ3n) is 1.35. The standard InChI is InChI=1S/C10H17FO4/c1-7(12)14-8(5-6-11)9(13)15-10(2,3)4/h8H,5-6H2,1-4H3/t8-/m0/s1. The molecule has 0 saturated carbocycles. The molecule has 0 aliphatic carbocycles. The quantitative estimate of drug-likeness (QED) is 0.675. The van der Waals surface area contributed by atoms with Gasteiger partial charge in [0.1, 0.15) is 5.60 Å². The highest BCUT2D eigenvalue weighted by atomic mass is 19.1. The topological polar surface area (TPSA) is 52.6 Å². The van der Waals surface area contributed by atoms with E-state index in [0.717, 1.165) is 6.92 Å². The van der Waals surface area contributed by atoms with Gasteiger partial charge < -0.3 is 9.47 Å². The summed E-state index contributed by atoms with van der Waals surface area (Å²) < 4.78 is 21.7. The Labute approximate surface area is 88.7 Å². The summed E-state index contributed by atoms with van der Waals surface area (Å²) in [5.74, 6) is -1.34. The van der Waals surface area contributed by atoms with Crippen molar-refractivity contribution in [2.45, 2.75) is 45.8 Å². The van der Waals surface area contributed by atoms with Crippen molar-refractivity contribution in [2.24, 2.45) is 0 Å². The Balaban J connectivity index is 4.35. The third-order valence-corrected chi connectivity index (χ3v) is 1.35. The Morgan fingerprint density at radius 2 is 1.87 bits per heavy atom. The van der Waals surface area contributed by atoms with Gasteiger partial charge >= 0.3 is 11.9 Å². The zero-order chi connectivity index (χ0) is 12.1. The summed E-state index contributed by atoms with van der Waals surface area (Å²) in [5.41, 5.74) is -0.675. The van der Waals surface area contributed by atoms with Gasteiger partial charge in [0, 0.05) is 13.3 Å². The van der Waals surface area contributed by atoms with Crippen molar-refractivity contribution < 1.29 is 23.5 Å². The molecule has 15 heavy (non-hydrogen) atoms. The number of hydrogen-bond acceptors (Lipinski definition) is 4. The minimum absolute atomic E-state index is 0.172. The van der Waals surface area contributed by atoms with Crippen molar-refractivity contribution in [3.05, 3.63) is 0 Å². The van der Waals surface area contributed by atoms with Crippen LogP contribution in [0.1, 0.15) is 34.1 Å². The van der Waals surface area contributed by atoms with E-state index in [4.69, 9.17) is 4.74 Å². The highest BCUT2D eigenvalue weighted by molar-refractivity contribution is 5.78. The first-order chi connectivity index (χ1) is 6.76. The van der Waals surface area contributed by atoms with Crippen LogP contribution in [0.15, 0.2) is 0 Å². The zero-order valence-electron chi connectivity index (χ0n) is 9.50. The highest BCUT2D eigenvalue weighted by Crippen LogP contribution is 2.12. The van der Waals surface area contributed by atoms with E-state index in [-0.39, 0.29) is 6.42 Å². The number of halogens is 1. The van der Waals surface area contributed by atoms with E-state index < -0.39 is 30.3 Å². The van der Waals surface area contributed by atoms with Gasteiger partial charge in [0.25, 0.3) is 0 Å². The first-order valence-corrected chi connectivity index (χ1v) is 4.72. The Hall–Kier alpha value is -1.13. The zero-order valence-corrected chi connectivity index (χ0v) is 9.50. The van der Waals surface area contributed by atoms with E-state index in [9.17, 15) is 14.0 Å². The van der Waals surface area contributed by atoms with Crippen LogP contribution in [0, 0.1) is 0 Å². The maximum atomic E-state index is 12.1. The summed E-state index contributed by atoms with van der Waals surface area (Å²) in [4.78, 5) is 22.1. The molecule has 0 radical (unpaired) electrons. The van der Waals surface area contributed by atoms with Gasteiger partial charge in [-0.3, -0.25) is 9.18 Å². The minimum Gasteiger partial charge on any atom is -0.457 e. The lowest BCUT2D eigenvalue weighted by Crippen LogP contribution is -2.34. The van der Waals surface area contributed by atoms with Crippen LogP contribution in [-0.4, -0.2) is 30.3 Å². The van der Waals surface area contributed by atoms with E-state index in [1.165, 1.54) is 0 Å². The van der Waals surface area contributed by atoms with Crippen LogP contribution < -0.4 is 0 Å². The van der Waals surface area contributed by atoms with Crippen LogP contribution in [0.2, 0.25) is 0 Å². The second kappa shape index (κ2) is 5.68. The second-order valence-corrected chi connectivity index (χ2v) is 4.11. The Morgan fingerprint density at radius 1 is 1.33 bits per heavy atom. The molecule has 5 heteroatoms. The average Bonchev–Trinajstić information content (AvgIpc) is 1.99. The van der Waals surface area contributed by atoms with Crippen molar-refractivity contribution in [2.75, 3.05) is 6.67 Å². The molecule has 0 amide bonds. The van der Waals surface area contributed by atoms with Crippen LogP contribution in [-0.2, 0) is 19.1 Å². The molecule has 0 bridgehead atoms. The summed E-state index contributed by atoms with van der Waals surface area (Å²) >= 11 is 0. The van der Waals surface area contributed by atoms with Crippen LogP contribution in [0.4, 0.5) is 4.39 Å². The van der Waals surface area contributed by atoms with E-state index in [0.29, 0.717) is 0 Å². The molecular weight excluding hydrogens is 203 g/mol. The largest absolute Gasteiger partial charge is 0.457 e. The summed E-state index contributed by atoms with van der Waals surface area (Å²) in [5, 5.41) is 0. The van der Waals surface area contributed by atoms with Gasteiger partial charge in [-0.05, 0) is 20.8 Å². The van der Waals surface area contributed by atoms with Gasteiger partial charge in [0.15, 0.2) is 0 Å². The Bertz CT molecular complexity index is 232. The Morgan fingerprint density at radius 3 is 2.20 bits per heavy atom. The number of alkyl halides is 1. The maximum Gasteiger partial charge on any atom is 0.348 e. The fourth-order valence-electron chi connectivity index (χ4n) is 0.892. The molecule has 0 aromatic rings. The normalized spacial score (nSPS) is 13.1. The average molecular weight is 220 g/mol. The number of rotatable bonds is 4. The van der Waals surface area contributed by atoms with Crippen LogP contribution >= 0.6 is 0 Å². The molecule has 0 N–H and O–H groups in total. The van der Waals surface area contributed by atoms with Gasteiger partial charge in [-0.15, -0.1) is 0 Å². The number of carbonyl (C=O) groups is 2. The lowest BCUT2D eigenvalue weighted by atomic mass is 10.2. The first-order valence-electron chi connectivity index (χ1n) is 4.72. The molecule has 88 valence electrons. The molecule has 0 saturated heterocycles. The van der Waals surface area contributed by atoms with Gasteiger partial charge in [0.05, 0.1) is 6.67 Å². The highest BCUT2D eigenvalue weighted by Gasteiger charge is 2.27. The van der Waals surface area contributed by atoms with E-state index >= 15 is 0 Å². The second-order valence-electron chi connectivity index (χ2n) is 4.11. The van der Waals surface area contributed by atoms with Gasteiger partial charge in [-0.1, -0.05) is 0 Å². The van der Waals surface area contributed by atoms with E-state index in [2.05, 4.69) is 4.74 Å². The lowest BCUT2D eigenvalue weighted by molar-refractivity contribution is -0.175. The molecule has 4 nitrogen and oxygen atoms in total. The molecular formula is C10H17FO4. The molecule has 0 aliphatic heterocycles. The van der Waals surface area contributed by atoms with Crippen LogP contribution in [0.3, 0.4) is 0 Å². The number of ether oxygens (including phenoxy) is 2. The molecule has 0 unspecified atom stereocenters. The third kappa shape index (κ3) is 6.88. The summed E-state index contributed by atoms with van der Waals surface area (Å²) in [7, 11) is 0. The SMILES string of the molecule is CC(=O)O[C@@H](CCF)C(=O)OC(C)(C)C. The maximum absolute atomic E-state index is 12.1. The van der Waals surface area contributed by atoms with Crippen LogP contribution in [0.5, 0.6) is 0 Å². The molecule has 0 fully saturated rings. The van der Waals surface area contributed by atoms with Crippen molar-refractivity contribution in [1.29, 1.82) is 0 Å². The lowest BCUT2D eigenvalue weighted by Gasteiger charge is -2.23. The smallest absolute Gasteiger partial charge is 0.348 e. The predicted octanol–water partition coefficient (Wildman–Crippen LogP) is 1.62. The minimum atomic E-state index is -1.15. The van der Waals surface area contributed by atoms with E-state index in [1.807, 2.05) is 0 Å². The molecule has 0 spiro atoms. The van der Waals surface area contributed by atoms with Crippen molar-refractivity contribution in [3.8, 4) is 0 Å². The molecule has 0 heterocycles. The Kier molecular flexibility index (Phi) is 5.25. The molecule has 0 rings (SSSR count). The number of esters is 2. The number of carbonyl (C=O) groups excluding carboxylic acids is 2. The van der Waals surface area contributed by atoms with Gasteiger partial charge in [0.2, 0.25) is 6.10 Å². The number of hydrogen-bond donors (Lipinski definition) is 0. The van der Waals surface area contributed by atoms with Crippen molar-refractivity contribution in [3.63, 3.8) is 0 Å². The summed E-state index contributed by atoms with van der Waals surface area (Å²) in [6, 6.07) is 0. The molecule has 0 aliphatic rings. The molecule has 0 aromatic carbocycles. The monoisotopic (exact) mass is 220 g/mol. The van der Waals surface area contributed by atoms with Crippen LogP contribution in [0.25, 0.3) is 0 Å². The van der Waals surface area contributed by atoms with Crippen molar-refractivity contribution in [1.82, 2.24) is 0 Å². The van der Waals surface area contributed by atoms with E-state index in [1.54, 1.807) is 20.8 Å². The fraction of sp³-hybridized carbons (Fsp3) is 0.800. The predicted molar refractivity (Wildman–Crippen MR) is 52.0 cm³/mol. The fourth-order valence-corrected chi connectivity index (χ4v) is 0.892. The van der Waals surface area contributed by atoms with Crippen molar-refractivity contribution >= 4 is 11.9 Å². The first kappa shape index (κ1) is 13.9. The summed E-state index contributed by atoms with van der Waals surface area (Å²) in [6.07, 6.45) is -1.32.